The molecule has 0 aliphatic carbocycles. The van der Waals surface area contributed by atoms with Crippen LogP contribution in [0.3, 0.4) is 0 Å². The van der Waals surface area contributed by atoms with Gasteiger partial charge in [0.05, 0.1) is 0 Å². The van der Waals surface area contributed by atoms with Crippen molar-refractivity contribution in [3.05, 3.63) is 41.7 Å². The van der Waals surface area contributed by atoms with Gasteiger partial charge < -0.3 is 10.2 Å². The van der Waals surface area contributed by atoms with Gasteiger partial charge in [-0.2, -0.15) is 5.26 Å². The Bertz CT molecular complexity index is 532. The molecule has 0 atom stereocenters. The van der Waals surface area contributed by atoms with Crippen molar-refractivity contribution in [3.63, 3.8) is 0 Å². The summed E-state index contributed by atoms with van der Waals surface area (Å²) in [5.74, 6) is 0.178. The number of anilines is 1. The number of nitrogens with two attached hydrogens (primary N) is 1. The summed E-state index contributed by atoms with van der Waals surface area (Å²) in [6.07, 6.45) is 2.52. The van der Waals surface area contributed by atoms with Gasteiger partial charge in [-0.3, -0.25) is 0 Å². The molecular weight excluding hydrogens is 200 g/mol. The molecule has 80 valence electrons. The Morgan fingerprint density at radius 3 is 2.56 bits per heavy atom. The summed E-state index contributed by atoms with van der Waals surface area (Å²) >= 11 is 0. The van der Waals surface area contributed by atoms with E-state index in [1.54, 1.807) is 0 Å². The van der Waals surface area contributed by atoms with Gasteiger partial charge in [-0.1, -0.05) is 31.2 Å². The van der Waals surface area contributed by atoms with E-state index in [0.29, 0.717) is 5.56 Å². The molecular formula is C13H12N2O. The Labute approximate surface area is 94.1 Å². The Morgan fingerprint density at radius 1 is 1.31 bits per heavy atom. The van der Waals surface area contributed by atoms with Crippen LogP contribution >= 0.6 is 0 Å². The maximum Gasteiger partial charge on any atom is 0.208 e. The molecule has 16 heavy (non-hydrogen) atoms. The maximum absolute atomic E-state index is 8.96. The van der Waals surface area contributed by atoms with Crippen LogP contribution in [0.5, 0.6) is 0 Å². The van der Waals surface area contributed by atoms with Crippen LogP contribution in [0.4, 0.5) is 5.88 Å². The Kier molecular flexibility index (Phi) is 2.65. The summed E-state index contributed by atoms with van der Waals surface area (Å²) in [5.41, 5.74) is 8.93. The van der Waals surface area contributed by atoms with Crippen molar-refractivity contribution in [3.8, 4) is 17.2 Å². The second kappa shape index (κ2) is 4.11. The fraction of sp³-hybridized carbons (Fsp3) is 0.154. The predicted octanol–water partition coefficient (Wildman–Crippen LogP) is 2.96. The summed E-state index contributed by atoms with van der Waals surface area (Å²) in [4.78, 5) is 0. The van der Waals surface area contributed by atoms with Gasteiger partial charge in [0.1, 0.15) is 17.9 Å². The molecule has 3 nitrogen and oxygen atoms in total. The highest BCUT2D eigenvalue weighted by Gasteiger charge is 2.12. The van der Waals surface area contributed by atoms with E-state index in [9.17, 15) is 0 Å². The summed E-state index contributed by atoms with van der Waals surface area (Å²) < 4.78 is 5.05. The minimum absolute atomic E-state index is 0.178. The molecule has 0 fully saturated rings. The van der Waals surface area contributed by atoms with Crippen molar-refractivity contribution in [2.45, 2.75) is 13.3 Å². The van der Waals surface area contributed by atoms with Crippen LogP contribution in [0.1, 0.15) is 18.1 Å². The van der Waals surface area contributed by atoms with E-state index < -0.39 is 0 Å². The van der Waals surface area contributed by atoms with Crippen molar-refractivity contribution in [2.24, 2.45) is 0 Å². The van der Waals surface area contributed by atoms with E-state index in [1.807, 2.05) is 24.3 Å². The molecule has 0 amide bonds. The molecule has 0 bridgehead atoms. The quantitative estimate of drug-likeness (QED) is 0.832. The van der Waals surface area contributed by atoms with E-state index >= 15 is 0 Å². The first-order valence-electron chi connectivity index (χ1n) is 5.12. The number of furan rings is 1. The fourth-order valence-corrected chi connectivity index (χ4v) is 1.62. The maximum atomic E-state index is 8.96. The van der Waals surface area contributed by atoms with Gasteiger partial charge in [-0.25, -0.2) is 0 Å². The number of nitrogens with zero attached hydrogens (tertiary/aromatic N) is 1. The third-order valence-corrected chi connectivity index (χ3v) is 2.60. The highest BCUT2D eigenvalue weighted by Crippen LogP contribution is 2.29. The minimum Gasteiger partial charge on any atom is -0.447 e. The zero-order valence-electron chi connectivity index (χ0n) is 9.03. The summed E-state index contributed by atoms with van der Waals surface area (Å²) in [5, 5.41) is 8.96. The number of benzene rings is 1. The van der Waals surface area contributed by atoms with Gasteiger partial charge in [0, 0.05) is 5.56 Å². The molecule has 0 aliphatic heterocycles. The number of aryl methyl sites for hydroxylation is 1. The molecule has 2 rings (SSSR count). The lowest BCUT2D eigenvalue weighted by Gasteiger charge is -2.00. The summed E-state index contributed by atoms with van der Waals surface area (Å²) in [7, 11) is 0. The lowest BCUT2D eigenvalue weighted by Crippen LogP contribution is -1.86. The van der Waals surface area contributed by atoms with Gasteiger partial charge >= 0.3 is 0 Å². The van der Waals surface area contributed by atoms with Crippen LogP contribution in [0, 0.1) is 11.3 Å². The van der Waals surface area contributed by atoms with E-state index in [1.165, 1.54) is 11.8 Å². The Morgan fingerprint density at radius 2 is 2.00 bits per heavy atom. The fourth-order valence-electron chi connectivity index (χ4n) is 1.62. The molecule has 0 radical (unpaired) electrons. The molecule has 0 saturated carbocycles. The SMILES string of the molecule is CCc1ccc(-c2coc(N)c2C#N)cc1. The zero-order chi connectivity index (χ0) is 11.5. The van der Waals surface area contributed by atoms with Crippen molar-refractivity contribution in [1.82, 2.24) is 0 Å². The standard InChI is InChI=1S/C13H12N2O/c1-2-9-3-5-10(6-4-9)12-8-16-13(15)11(12)7-14/h3-6,8H,2,15H2,1H3. The normalized spacial score (nSPS) is 10.0. The summed E-state index contributed by atoms with van der Waals surface area (Å²) in [6, 6.07) is 10.1. The monoisotopic (exact) mass is 212 g/mol. The highest BCUT2D eigenvalue weighted by molar-refractivity contribution is 5.74. The molecule has 1 heterocycles. The highest BCUT2D eigenvalue weighted by atomic mass is 16.3. The number of rotatable bonds is 2. The van der Waals surface area contributed by atoms with Crippen LogP contribution < -0.4 is 5.73 Å². The molecule has 0 spiro atoms. The molecule has 0 aliphatic rings. The van der Waals surface area contributed by atoms with E-state index in [-0.39, 0.29) is 5.88 Å². The molecule has 1 aromatic heterocycles. The predicted molar refractivity (Wildman–Crippen MR) is 62.6 cm³/mol. The molecule has 2 N–H and O–H groups in total. The second-order valence-corrected chi connectivity index (χ2v) is 3.55. The van der Waals surface area contributed by atoms with Gasteiger partial charge in [0.25, 0.3) is 0 Å². The number of nitrogen functional groups attached to an aromatic ring is 1. The molecule has 0 saturated heterocycles. The lowest BCUT2D eigenvalue weighted by molar-refractivity contribution is 0.588. The van der Waals surface area contributed by atoms with Crippen LogP contribution in [0.15, 0.2) is 34.9 Å². The lowest BCUT2D eigenvalue weighted by atomic mass is 10.0. The smallest absolute Gasteiger partial charge is 0.208 e. The average Bonchev–Trinajstić information content (AvgIpc) is 2.70. The minimum atomic E-state index is 0.178. The average molecular weight is 212 g/mol. The first-order valence-corrected chi connectivity index (χ1v) is 5.12. The van der Waals surface area contributed by atoms with Gasteiger partial charge in [0.2, 0.25) is 5.88 Å². The van der Waals surface area contributed by atoms with E-state index in [0.717, 1.165) is 17.5 Å². The van der Waals surface area contributed by atoms with Gasteiger partial charge in [0.15, 0.2) is 0 Å². The van der Waals surface area contributed by atoms with Crippen LogP contribution in [0.2, 0.25) is 0 Å². The number of hydrogen-bond acceptors (Lipinski definition) is 3. The van der Waals surface area contributed by atoms with E-state index in [2.05, 4.69) is 13.0 Å². The van der Waals surface area contributed by atoms with Gasteiger partial charge in [-0.05, 0) is 17.5 Å². The Balaban J connectivity index is 2.47. The van der Waals surface area contributed by atoms with Crippen molar-refractivity contribution in [1.29, 1.82) is 5.26 Å². The van der Waals surface area contributed by atoms with Crippen LogP contribution in [-0.2, 0) is 6.42 Å². The molecule has 1 aromatic carbocycles. The molecule has 2 aromatic rings. The number of hydrogen-bond donors (Lipinski definition) is 1. The molecule has 3 heteroatoms. The number of nitriles is 1. The second-order valence-electron chi connectivity index (χ2n) is 3.55. The topological polar surface area (TPSA) is 62.9 Å². The van der Waals surface area contributed by atoms with Crippen LogP contribution in [-0.4, -0.2) is 0 Å². The van der Waals surface area contributed by atoms with Crippen molar-refractivity contribution in [2.75, 3.05) is 5.73 Å². The summed E-state index contributed by atoms with van der Waals surface area (Å²) in [6.45, 7) is 2.10. The largest absolute Gasteiger partial charge is 0.447 e. The first-order chi connectivity index (χ1) is 7.76. The zero-order valence-corrected chi connectivity index (χ0v) is 9.03. The molecule has 0 unspecified atom stereocenters. The van der Waals surface area contributed by atoms with Gasteiger partial charge in [-0.15, -0.1) is 0 Å². The van der Waals surface area contributed by atoms with Crippen molar-refractivity contribution >= 4 is 5.88 Å². The third kappa shape index (κ3) is 1.66. The Hall–Kier alpha value is -2.21. The van der Waals surface area contributed by atoms with E-state index in [4.69, 9.17) is 15.4 Å². The third-order valence-electron chi connectivity index (χ3n) is 2.60. The van der Waals surface area contributed by atoms with Crippen molar-refractivity contribution < 1.29 is 4.42 Å². The van der Waals surface area contributed by atoms with Crippen LogP contribution in [0.25, 0.3) is 11.1 Å². The first kappa shape index (κ1) is 10.3.